The monoisotopic (exact) mass is 210 g/mol. The lowest BCUT2D eigenvalue weighted by atomic mass is 9.86. The lowest BCUT2D eigenvalue weighted by Crippen LogP contribution is -2.12. The van der Waals surface area contributed by atoms with Gasteiger partial charge in [0.05, 0.1) is 6.42 Å². The number of carboxylic acid groups (broad SMARTS) is 1. The molecular weight excluding hydrogens is 195 g/mol. The third-order valence-electron chi connectivity index (χ3n) is 2.50. The van der Waals surface area contributed by atoms with Gasteiger partial charge >= 0.3 is 5.97 Å². The second kappa shape index (κ2) is 4.91. The molecule has 1 N–H and O–H groups in total. The third-order valence-corrected chi connectivity index (χ3v) is 2.50. The van der Waals surface area contributed by atoms with Crippen molar-refractivity contribution in [3.8, 4) is 0 Å². The van der Waals surface area contributed by atoms with E-state index in [-0.39, 0.29) is 24.1 Å². The summed E-state index contributed by atoms with van der Waals surface area (Å²) >= 11 is 0. The number of halogens is 1. The predicted octanol–water partition coefficient (Wildman–Crippen LogP) is 3.04. The fourth-order valence-corrected chi connectivity index (χ4v) is 1.64. The minimum Gasteiger partial charge on any atom is -0.481 e. The van der Waals surface area contributed by atoms with Gasteiger partial charge in [0.1, 0.15) is 5.82 Å². The van der Waals surface area contributed by atoms with E-state index in [9.17, 15) is 9.18 Å². The zero-order valence-electron chi connectivity index (χ0n) is 8.90. The summed E-state index contributed by atoms with van der Waals surface area (Å²) in [7, 11) is 0. The third kappa shape index (κ3) is 3.35. The molecule has 0 saturated heterocycles. The molecule has 0 fully saturated rings. The molecule has 82 valence electrons. The molecular formula is C12H15FO2. The molecule has 0 aromatic heterocycles. The van der Waals surface area contributed by atoms with Crippen molar-refractivity contribution in [2.24, 2.45) is 5.92 Å². The van der Waals surface area contributed by atoms with Crippen molar-refractivity contribution in [3.05, 3.63) is 35.6 Å². The van der Waals surface area contributed by atoms with Gasteiger partial charge in [0, 0.05) is 0 Å². The van der Waals surface area contributed by atoms with Gasteiger partial charge < -0.3 is 5.11 Å². The fourth-order valence-electron chi connectivity index (χ4n) is 1.64. The summed E-state index contributed by atoms with van der Waals surface area (Å²) in [6.45, 7) is 3.94. The molecule has 0 heterocycles. The van der Waals surface area contributed by atoms with Crippen LogP contribution in [0.4, 0.5) is 4.39 Å². The Labute approximate surface area is 88.7 Å². The van der Waals surface area contributed by atoms with Gasteiger partial charge in [0.2, 0.25) is 0 Å². The number of carboxylic acids is 1. The van der Waals surface area contributed by atoms with Crippen molar-refractivity contribution < 1.29 is 14.3 Å². The van der Waals surface area contributed by atoms with Crippen LogP contribution in [0, 0.1) is 11.7 Å². The van der Waals surface area contributed by atoms with E-state index in [1.165, 1.54) is 12.1 Å². The summed E-state index contributed by atoms with van der Waals surface area (Å²) in [5, 5.41) is 8.77. The SMILES string of the molecule is CC(C)[C@@H](CC(=O)O)c1ccc(F)cc1. The van der Waals surface area contributed by atoms with E-state index in [0.29, 0.717) is 0 Å². The maximum absolute atomic E-state index is 12.7. The molecule has 0 spiro atoms. The Balaban J connectivity index is 2.88. The molecule has 0 saturated carbocycles. The van der Waals surface area contributed by atoms with Crippen LogP contribution >= 0.6 is 0 Å². The van der Waals surface area contributed by atoms with Crippen LogP contribution < -0.4 is 0 Å². The molecule has 2 nitrogen and oxygen atoms in total. The van der Waals surface area contributed by atoms with E-state index in [1.54, 1.807) is 12.1 Å². The quantitative estimate of drug-likeness (QED) is 0.829. The first-order valence-corrected chi connectivity index (χ1v) is 4.98. The summed E-state index contributed by atoms with van der Waals surface area (Å²) in [5.41, 5.74) is 0.883. The lowest BCUT2D eigenvalue weighted by molar-refractivity contribution is -0.137. The average Bonchev–Trinajstić information content (AvgIpc) is 2.15. The standard InChI is InChI=1S/C12H15FO2/c1-8(2)11(7-12(14)15)9-3-5-10(13)6-4-9/h3-6,8,11H,7H2,1-2H3,(H,14,15)/t11-/m1/s1. The first-order valence-electron chi connectivity index (χ1n) is 4.98. The van der Waals surface area contributed by atoms with Crippen LogP contribution in [0.1, 0.15) is 31.7 Å². The Hall–Kier alpha value is -1.38. The number of aliphatic carboxylic acids is 1. The van der Waals surface area contributed by atoms with Crippen molar-refractivity contribution in [2.75, 3.05) is 0 Å². The van der Waals surface area contributed by atoms with Crippen LogP contribution in [-0.2, 0) is 4.79 Å². The van der Waals surface area contributed by atoms with Gasteiger partial charge in [-0.1, -0.05) is 26.0 Å². The Kier molecular flexibility index (Phi) is 3.83. The number of benzene rings is 1. The first kappa shape index (κ1) is 11.7. The molecule has 0 aliphatic rings. The van der Waals surface area contributed by atoms with Gasteiger partial charge in [-0.3, -0.25) is 4.79 Å². The molecule has 3 heteroatoms. The highest BCUT2D eigenvalue weighted by Gasteiger charge is 2.18. The fraction of sp³-hybridized carbons (Fsp3) is 0.417. The van der Waals surface area contributed by atoms with Gasteiger partial charge in [0.25, 0.3) is 0 Å². The van der Waals surface area contributed by atoms with E-state index in [1.807, 2.05) is 13.8 Å². The largest absolute Gasteiger partial charge is 0.481 e. The lowest BCUT2D eigenvalue weighted by Gasteiger charge is -2.19. The van der Waals surface area contributed by atoms with E-state index in [2.05, 4.69) is 0 Å². The Morgan fingerprint density at radius 2 is 1.87 bits per heavy atom. The van der Waals surface area contributed by atoms with Crippen molar-refractivity contribution in [3.63, 3.8) is 0 Å². The summed E-state index contributed by atoms with van der Waals surface area (Å²) in [6.07, 6.45) is 0.0866. The maximum atomic E-state index is 12.7. The van der Waals surface area contributed by atoms with Crippen molar-refractivity contribution in [1.82, 2.24) is 0 Å². The summed E-state index contributed by atoms with van der Waals surface area (Å²) in [5.74, 6) is -0.940. The zero-order valence-corrected chi connectivity index (χ0v) is 8.90. The molecule has 1 aromatic carbocycles. The second-order valence-corrected chi connectivity index (χ2v) is 4.00. The van der Waals surface area contributed by atoms with Crippen LogP contribution in [-0.4, -0.2) is 11.1 Å². The zero-order chi connectivity index (χ0) is 11.4. The molecule has 0 amide bonds. The molecule has 1 atom stereocenters. The summed E-state index contributed by atoms with van der Waals surface area (Å²) in [4.78, 5) is 10.7. The molecule has 1 aromatic rings. The molecule has 0 radical (unpaired) electrons. The minimum atomic E-state index is -0.821. The minimum absolute atomic E-state index is 0.0527. The van der Waals surface area contributed by atoms with Crippen LogP contribution in [0.2, 0.25) is 0 Å². The molecule has 0 aliphatic heterocycles. The summed E-state index contributed by atoms with van der Waals surface area (Å²) in [6, 6.07) is 6.05. The second-order valence-electron chi connectivity index (χ2n) is 4.00. The van der Waals surface area contributed by atoms with E-state index in [0.717, 1.165) is 5.56 Å². The molecule has 1 rings (SSSR count). The molecule has 15 heavy (non-hydrogen) atoms. The van der Waals surface area contributed by atoms with Crippen molar-refractivity contribution in [1.29, 1.82) is 0 Å². The Morgan fingerprint density at radius 1 is 1.33 bits per heavy atom. The van der Waals surface area contributed by atoms with E-state index < -0.39 is 5.97 Å². The van der Waals surface area contributed by atoms with Crippen LogP contribution in [0.5, 0.6) is 0 Å². The topological polar surface area (TPSA) is 37.3 Å². The molecule has 0 unspecified atom stereocenters. The smallest absolute Gasteiger partial charge is 0.303 e. The van der Waals surface area contributed by atoms with Crippen LogP contribution in [0.15, 0.2) is 24.3 Å². The van der Waals surface area contributed by atoms with Crippen LogP contribution in [0.3, 0.4) is 0 Å². The number of rotatable bonds is 4. The highest BCUT2D eigenvalue weighted by molar-refractivity contribution is 5.68. The first-order chi connectivity index (χ1) is 7.00. The van der Waals surface area contributed by atoms with E-state index >= 15 is 0 Å². The van der Waals surface area contributed by atoms with Crippen LogP contribution in [0.25, 0.3) is 0 Å². The van der Waals surface area contributed by atoms with Gasteiger partial charge in [0.15, 0.2) is 0 Å². The number of hydrogen-bond acceptors (Lipinski definition) is 1. The Bertz CT molecular complexity index is 330. The van der Waals surface area contributed by atoms with Crippen molar-refractivity contribution in [2.45, 2.75) is 26.2 Å². The van der Waals surface area contributed by atoms with Gasteiger partial charge in [-0.25, -0.2) is 4.39 Å². The predicted molar refractivity (Wildman–Crippen MR) is 56.2 cm³/mol. The maximum Gasteiger partial charge on any atom is 0.303 e. The van der Waals surface area contributed by atoms with Gasteiger partial charge in [-0.15, -0.1) is 0 Å². The summed E-state index contributed by atoms with van der Waals surface area (Å²) < 4.78 is 12.7. The molecule has 0 aliphatic carbocycles. The highest BCUT2D eigenvalue weighted by atomic mass is 19.1. The highest BCUT2D eigenvalue weighted by Crippen LogP contribution is 2.27. The number of hydrogen-bond donors (Lipinski definition) is 1. The average molecular weight is 210 g/mol. The van der Waals surface area contributed by atoms with Gasteiger partial charge in [-0.2, -0.15) is 0 Å². The Morgan fingerprint density at radius 3 is 2.27 bits per heavy atom. The molecule has 0 bridgehead atoms. The van der Waals surface area contributed by atoms with E-state index in [4.69, 9.17) is 5.11 Å². The number of carbonyl (C=O) groups is 1. The van der Waals surface area contributed by atoms with Gasteiger partial charge in [-0.05, 0) is 29.5 Å². The normalized spacial score (nSPS) is 12.8. The van der Waals surface area contributed by atoms with Crippen molar-refractivity contribution >= 4 is 5.97 Å².